The topological polar surface area (TPSA) is 18.5 Å². The van der Waals surface area contributed by atoms with Crippen LogP contribution in [0.3, 0.4) is 0 Å². The van der Waals surface area contributed by atoms with Crippen LogP contribution >= 0.6 is 0 Å². The summed E-state index contributed by atoms with van der Waals surface area (Å²) in [6.07, 6.45) is 7.00. The van der Waals surface area contributed by atoms with Gasteiger partial charge in [0.2, 0.25) is 0 Å². The fraction of sp³-hybridized carbons (Fsp3) is 1.00. The predicted octanol–water partition coefficient (Wildman–Crippen LogP) is 1.65. The van der Waals surface area contributed by atoms with E-state index in [2.05, 4.69) is 43.3 Å². The van der Waals surface area contributed by atoms with E-state index in [9.17, 15) is 0 Å². The summed E-state index contributed by atoms with van der Waals surface area (Å²) in [6, 6.07) is 0.696. The Morgan fingerprint density at radius 3 is 2.29 bits per heavy atom. The Balaban J connectivity index is 2.19. The van der Waals surface area contributed by atoms with Gasteiger partial charge < -0.3 is 15.1 Å². The summed E-state index contributed by atoms with van der Waals surface area (Å²) < 4.78 is 0. The molecule has 0 heterocycles. The van der Waals surface area contributed by atoms with Crippen molar-refractivity contribution in [1.82, 2.24) is 15.1 Å². The highest BCUT2D eigenvalue weighted by Crippen LogP contribution is 2.27. The van der Waals surface area contributed by atoms with E-state index in [0.717, 1.165) is 5.92 Å². The lowest BCUT2D eigenvalue weighted by atomic mass is 9.98. The van der Waals surface area contributed by atoms with E-state index in [1.54, 1.807) is 0 Å². The smallest absolute Gasteiger partial charge is 0.0220 e. The van der Waals surface area contributed by atoms with Crippen molar-refractivity contribution in [2.45, 2.75) is 38.1 Å². The Morgan fingerprint density at radius 2 is 1.76 bits per heavy atom. The Bertz CT molecular complexity index is 188. The van der Waals surface area contributed by atoms with E-state index in [1.807, 2.05) is 0 Å². The fourth-order valence-electron chi connectivity index (χ4n) is 2.92. The predicted molar refractivity (Wildman–Crippen MR) is 75.5 cm³/mol. The molecule has 0 aromatic carbocycles. The Hall–Kier alpha value is -0.120. The normalized spacial score (nSPS) is 19.4. The Kier molecular flexibility index (Phi) is 7.09. The van der Waals surface area contributed by atoms with Crippen molar-refractivity contribution in [3.8, 4) is 0 Å². The molecule has 0 aromatic heterocycles. The van der Waals surface area contributed by atoms with E-state index in [4.69, 9.17) is 0 Å². The molecule has 0 radical (unpaired) electrons. The lowest BCUT2D eigenvalue weighted by molar-refractivity contribution is 0.238. The van der Waals surface area contributed by atoms with E-state index < -0.39 is 0 Å². The van der Waals surface area contributed by atoms with Crippen LogP contribution in [0.25, 0.3) is 0 Å². The summed E-state index contributed by atoms with van der Waals surface area (Å²) in [4.78, 5) is 4.75. The average Bonchev–Trinajstić information content (AvgIpc) is 2.78. The van der Waals surface area contributed by atoms with Crippen molar-refractivity contribution in [2.24, 2.45) is 5.92 Å². The van der Waals surface area contributed by atoms with Gasteiger partial charge in [-0.1, -0.05) is 12.8 Å². The fourth-order valence-corrected chi connectivity index (χ4v) is 2.92. The lowest BCUT2D eigenvalue weighted by Crippen LogP contribution is -2.42. The van der Waals surface area contributed by atoms with Crippen LogP contribution in [0.5, 0.6) is 0 Å². The van der Waals surface area contributed by atoms with Crippen LogP contribution in [0, 0.1) is 5.92 Å². The zero-order valence-corrected chi connectivity index (χ0v) is 12.2. The van der Waals surface area contributed by atoms with Crippen molar-refractivity contribution < 1.29 is 0 Å². The molecule has 0 saturated heterocycles. The zero-order valence-electron chi connectivity index (χ0n) is 12.2. The van der Waals surface area contributed by atoms with Crippen molar-refractivity contribution in [2.75, 3.05) is 47.8 Å². The minimum atomic E-state index is 0.696. The number of hydrogen-bond acceptors (Lipinski definition) is 3. The van der Waals surface area contributed by atoms with Crippen LogP contribution in [-0.4, -0.2) is 63.7 Å². The summed E-state index contributed by atoms with van der Waals surface area (Å²) in [6.45, 7) is 3.61. The molecule has 0 aromatic rings. The highest BCUT2D eigenvalue weighted by molar-refractivity contribution is 4.81. The highest BCUT2D eigenvalue weighted by atomic mass is 15.1. The van der Waals surface area contributed by atoms with Crippen LogP contribution < -0.4 is 5.32 Å². The molecule has 1 fully saturated rings. The number of likely N-dealkylation sites (N-methyl/N-ethyl adjacent to an activating group) is 2. The molecule has 1 unspecified atom stereocenters. The molecule has 1 rings (SSSR count). The monoisotopic (exact) mass is 241 g/mol. The molecular formula is C14H31N3. The summed E-state index contributed by atoms with van der Waals surface area (Å²) in [7, 11) is 8.68. The molecule has 1 atom stereocenters. The van der Waals surface area contributed by atoms with Gasteiger partial charge in [-0.3, -0.25) is 0 Å². The molecule has 0 aliphatic heterocycles. The Morgan fingerprint density at radius 1 is 1.12 bits per heavy atom. The van der Waals surface area contributed by atoms with Gasteiger partial charge in [0.05, 0.1) is 0 Å². The second kappa shape index (κ2) is 8.06. The second-order valence-electron chi connectivity index (χ2n) is 5.86. The third-order valence-electron chi connectivity index (χ3n) is 3.99. The van der Waals surface area contributed by atoms with Gasteiger partial charge in [-0.15, -0.1) is 0 Å². The zero-order chi connectivity index (χ0) is 12.7. The van der Waals surface area contributed by atoms with Crippen LogP contribution in [0.4, 0.5) is 0 Å². The Labute approximate surface area is 108 Å². The highest BCUT2D eigenvalue weighted by Gasteiger charge is 2.24. The first kappa shape index (κ1) is 14.9. The first-order valence-corrected chi connectivity index (χ1v) is 7.14. The largest absolute Gasteiger partial charge is 0.315 e. The minimum absolute atomic E-state index is 0.696. The van der Waals surface area contributed by atoms with Gasteiger partial charge in [0, 0.05) is 12.6 Å². The third-order valence-corrected chi connectivity index (χ3v) is 3.99. The molecule has 1 aliphatic carbocycles. The summed E-state index contributed by atoms with van der Waals surface area (Å²) >= 11 is 0. The third kappa shape index (κ3) is 5.84. The molecule has 0 spiro atoms. The van der Waals surface area contributed by atoms with Gasteiger partial charge in [0.25, 0.3) is 0 Å². The average molecular weight is 241 g/mol. The molecule has 102 valence electrons. The van der Waals surface area contributed by atoms with Crippen LogP contribution in [0.15, 0.2) is 0 Å². The molecule has 3 nitrogen and oxygen atoms in total. The van der Waals surface area contributed by atoms with Crippen molar-refractivity contribution in [3.63, 3.8) is 0 Å². The van der Waals surface area contributed by atoms with E-state index >= 15 is 0 Å². The number of nitrogens with one attached hydrogen (secondary N) is 1. The summed E-state index contributed by atoms with van der Waals surface area (Å²) in [5, 5.41) is 3.52. The van der Waals surface area contributed by atoms with E-state index in [-0.39, 0.29) is 0 Å². The lowest BCUT2D eigenvalue weighted by Gasteiger charge is -2.28. The second-order valence-corrected chi connectivity index (χ2v) is 5.86. The molecule has 17 heavy (non-hydrogen) atoms. The van der Waals surface area contributed by atoms with Crippen LogP contribution in [0.1, 0.15) is 32.1 Å². The summed E-state index contributed by atoms with van der Waals surface area (Å²) in [5.41, 5.74) is 0. The maximum absolute atomic E-state index is 3.52. The van der Waals surface area contributed by atoms with Gasteiger partial charge in [0.15, 0.2) is 0 Å². The number of nitrogens with zero attached hydrogens (tertiary/aromatic N) is 2. The van der Waals surface area contributed by atoms with Gasteiger partial charge in [-0.25, -0.2) is 0 Å². The molecule has 0 bridgehead atoms. The van der Waals surface area contributed by atoms with E-state index in [0.29, 0.717) is 6.04 Å². The molecule has 3 heteroatoms. The SMILES string of the molecule is CNC(CN(C)CCCN(C)C)C1CCCC1. The van der Waals surface area contributed by atoms with Crippen LogP contribution in [-0.2, 0) is 0 Å². The first-order valence-electron chi connectivity index (χ1n) is 7.14. The summed E-state index contributed by atoms with van der Waals surface area (Å²) in [5.74, 6) is 0.913. The first-order chi connectivity index (χ1) is 8.13. The molecule has 0 amide bonds. The number of hydrogen-bond donors (Lipinski definition) is 1. The minimum Gasteiger partial charge on any atom is -0.315 e. The molecule has 1 saturated carbocycles. The standard InChI is InChI=1S/C14H31N3/c1-15-14(13-8-5-6-9-13)12-17(4)11-7-10-16(2)3/h13-15H,5-12H2,1-4H3. The number of rotatable bonds is 8. The maximum atomic E-state index is 3.52. The van der Waals surface area contributed by atoms with Gasteiger partial charge in [0.1, 0.15) is 0 Å². The molecular weight excluding hydrogens is 210 g/mol. The maximum Gasteiger partial charge on any atom is 0.0220 e. The van der Waals surface area contributed by atoms with Gasteiger partial charge in [-0.05, 0) is 66.5 Å². The van der Waals surface area contributed by atoms with Crippen molar-refractivity contribution in [1.29, 1.82) is 0 Å². The molecule has 1 N–H and O–H groups in total. The van der Waals surface area contributed by atoms with Gasteiger partial charge >= 0.3 is 0 Å². The van der Waals surface area contributed by atoms with Gasteiger partial charge in [-0.2, -0.15) is 0 Å². The quantitative estimate of drug-likeness (QED) is 0.697. The molecule has 1 aliphatic rings. The van der Waals surface area contributed by atoms with Crippen molar-refractivity contribution in [3.05, 3.63) is 0 Å². The van der Waals surface area contributed by atoms with Crippen LogP contribution in [0.2, 0.25) is 0 Å². The van der Waals surface area contributed by atoms with E-state index in [1.165, 1.54) is 51.7 Å². The van der Waals surface area contributed by atoms with Crippen molar-refractivity contribution >= 4 is 0 Å².